The molecule has 0 spiro atoms. The molecule has 4 heterocycles. The molecule has 8 heteroatoms. The number of hydrogen-bond donors (Lipinski definition) is 0. The van der Waals surface area contributed by atoms with E-state index in [1.165, 1.54) is 5.56 Å². The molecule has 1 aliphatic heterocycles. The predicted octanol–water partition coefficient (Wildman–Crippen LogP) is 5.51. The van der Waals surface area contributed by atoms with E-state index in [1.807, 2.05) is 67.1 Å². The molecule has 0 radical (unpaired) electrons. The highest BCUT2D eigenvalue weighted by molar-refractivity contribution is 5.88. The zero-order chi connectivity index (χ0) is 28.3. The number of anilines is 1. The van der Waals surface area contributed by atoms with E-state index in [-0.39, 0.29) is 12.2 Å². The summed E-state index contributed by atoms with van der Waals surface area (Å²) < 4.78 is 5.34. The lowest BCUT2D eigenvalue weighted by atomic mass is 10.00. The summed E-state index contributed by atoms with van der Waals surface area (Å²) in [5, 5.41) is 4.99. The van der Waals surface area contributed by atoms with Gasteiger partial charge in [-0.15, -0.1) is 0 Å². The summed E-state index contributed by atoms with van der Waals surface area (Å²) in [6.07, 6.45) is 6.24. The number of fused-ring (bicyclic) bond motifs is 2. The van der Waals surface area contributed by atoms with Gasteiger partial charge >= 0.3 is 0 Å². The number of Topliss-reactive ketones (excluding diaryl/α,β-unsaturated/α-hetero) is 1. The molecule has 208 valence electrons. The van der Waals surface area contributed by atoms with E-state index < -0.39 is 0 Å². The second-order valence-corrected chi connectivity index (χ2v) is 10.8. The fraction of sp³-hybridized carbons (Fsp3) is 0.206. The van der Waals surface area contributed by atoms with E-state index >= 15 is 0 Å². The van der Waals surface area contributed by atoms with Crippen LogP contribution in [0.2, 0.25) is 0 Å². The van der Waals surface area contributed by atoms with Gasteiger partial charge in [0.15, 0.2) is 5.58 Å². The number of aromatic nitrogens is 4. The van der Waals surface area contributed by atoms with Crippen molar-refractivity contribution in [1.82, 2.24) is 25.0 Å². The van der Waals surface area contributed by atoms with Crippen LogP contribution in [0.1, 0.15) is 16.8 Å². The van der Waals surface area contributed by atoms with E-state index in [1.54, 1.807) is 0 Å². The van der Waals surface area contributed by atoms with Crippen molar-refractivity contribution in [1.29, 1.82) is 0 Å². The first-order valence-electron chi connectivity index (χ1n) is 14.3. The van der Waals surface area contributed by atoms with Crippen molar-refractivity contribution in [2.24, 2.45) is 0 Å². The van der Waals surface area contributed by atoms with Gasteiger partial charge in [0.1, 0.15) is 11.6 Å². The Morgan fingerprint density at radius 3 is 2.45 bits per heavy atom. The van der Waals surface area contributed by atoms with Crippen LogP contribution in [-0.2, 0) is 24.2 Å². The van der Waals surface area contributed by atoms with Crippen LogP contribution < -0.4 is 4.90 Å². The van der Waals surface area contributed by atoms with Crippen molar-refractivity contribution in [2.75, 3.05) is 31.1 Å². The van der Waals surface area contributed by atoms with Crippen molar-refractivity contribution in [2.45, 2.75) is 19.4 Å². The molecule has 0 amide bonds. The van der Waals surface area contributed by atoms with Gasteiger partial charge in [0.25, 0.3) is 0 Å². The highest BCUT2D eigenvalue weighted by Gasteiger charge is 2.19. The predicted molar refractivity (Wildman–Crippen MR) is 163 cm³/mol. The smallest absolute Gasteiger partial charge is 0.167 e. The number of carbonyl (C=O) groups is 1. The quantitative estimate of drug-likeness (QED) is 0.243. The Kier molecular flexibility index (Phi) is 7.12. The molecule has 1 fully saturated rings. The van der Waals surface area contributed by atoms with Gasteiger partial charge in [-0.1, -0.05) is 53.7 Å². The van der Waals surface area contributed by atoms with Crippen LogP contribution in [0.4, 0.5) is 5.82 Å². The zero-order valence-corrected chi connectivity index (χ0v) is 23.2. The molecule has 3 aromatic heterocycles. The van der Waals surface area contributed by atoms with Gasteiger partial charge in [0.05, 0.1) is 29.3 Å². The third-order valence-electron chi connectivity index (χ3n) is 7.86. The Balaban J connectivity index is 1.00. The van der Waals surface area contributed by atoms with Crippen LogP contribution in [0.15, 0.2) is 102 Å². The average Bonchev–Trinajstić information content (AvgIpc) is 3.44. The molecule has 6 aromatic rings. The molecule has 0 unspecified atom stereocenters. The molecule has 3 aromatic carbocycles. The average molecular weight is 555 g/mol. The van der Waals surface area contributed by atoms with E-state index in [2.05, 4.69) is 50.3 Å². The molecule has 8 nitrogen and oxygen atoms in total. The minimum absolute atomic E-state index is 0.105. The first kappa shape index (κ1) is 26.0. The topological polar surface area (TPSA) is 88.3 Å². The largest absolute Gasteiger partial charge is 0.356 e. The highest BCUT2D eigenvalue weighted by atomic mass is 16.5. The molecule has 42 heavy (non-hydrogen) atoms. The molecule has 0 N–H and O–H groups in total. The normalized spacial score (nSPS) is 14.0. The Morgan fingerprint density at radius 1 is 0.786 bits per heavy atom. The van der Waals surface area contributed by atoms with Gasteiger partial charge in [0.2, 0.25) is 0 Å². The fourth-order valence-corrected chi connectivity index (χ4v) is 5.58. The van der Waals surface area contributed by atoms with Crippen molar-refractivity contribution in [3.05, 3.63) is 114 Å². The second kappa shape index (κ2) is 11.5. The number of para-hydroxylation sites is 1. The van der Waals surface area contributed by atoms with Crippen LogP contribution in [0.3, 0.4) is 0 Å². The summed E-state index contributed by atoms with van der Waals surface area (Å²) in [5.74, 6) is 1.02. The Labute approximate surface area is 243 Å². The minimum atomic E-state index is 0.105. The lowest BCUT2D eigenvalue weighted by molar-refractivity contribution is -0.117. The van der Waals surface area contributed by atoms with Gasteiger partial charge in [-0.2, -0.15) is 0 Å². The van der Waals surface area contributed by atoms with Crippen LogP contribution in [0.5, 0.6) is 0 Å². The first-order valence-corrected chi connectivity index (χ1v) is 14.3. The molecule has 7 rings (SSSR count). The molecule has 1 aliphatic rings. The Morgan fingerprint density at radius 2 is 1.62 bits per heavy atom. The van der Waals surface area contributed by atoms with Gasteiger partial charge in [0, 0.05) is 56.9 Å². The maximum atomic E-state index is 12.8. The van der Waals surface area contributed by atoms with Crippen LogP contribution in [0.25, 0.3) is 33.1 Å². The summed E-state index contributed by atoms with van der Waals surface area (Å²) in [7, 11) is 0. The van der Waals surface area contributed by atoms with Crippen molar-refractivity contribution in [3.63, 3.8) is 0 Å². The van der Waals surface area contributed by atoms with Crippen molar-refractivity contribution >= 4 is 33.6 Å². The fourth-order valence-electron chi connectivity index (χ4n) is 5.58. The zero-order valence-electron chi connectivity index (χ0n) is 23.2. The number of pyridine rings is 1. The highest BCUT2D eigenvalue weighted by Crippen LogP contribution is 2.26. The lowest BCUT2D eigenvalue weighted by Gasteiger charge is -2.35. The van der Waals surface area contributed by atoms with Crippen molar-refractivity contribution < 1.29 is 9.32 Å². The van der Waals surface area contributed by atoms with E-state index in [4.69, 9.17) is 14.5 Å². The van der Waals surface area contributed by atoms with Gasteiger partial charge in [-0.25, -0.2) is 4.98 Å². The first-order chi connectivity index (χ1) is 20.7. The molecule has 0 atom stereocenters. The molecule has 0 saturated carbocycles. The summed E-state index contributed by atoms with van der Waals surface area (Å²) in [4.78, 5) is 31.5. The summed E-state index contributed by atoms with van der Waals surface area (Å²) in [6, 6.07) is 26.1. The Hall–Kier alpha value is -4.95. The minimum Gasteiger partial charge on any atom is -0.356 e. The van der Waals surface area contributed by atoms with Gasteiger partial charge in [-0.05, 0) is 52.6 Å². The maximum Gasteiger partial charge on any atom is 0.167 e. The van der Waals surface area contributed by atoms with E-state index in [0.717, 1.165) is 71.7 Å². The summed E-state index contributed by atoms with van der Waals surface area (Å²) >= 11 is 0. The maximum absolute atomic E-state index is 12.8. The number of hydrogen-bond acceptors (Lipinski definition) is 8. The summed E-state index contributed by atoms with van der Waals surface area (Å²) in [6.45, 7) is 4.68. The SMILES string of the molecule is O=C(Cc1ccc(-c2ccc3ncc(N4CCN(Cc5cccnc5)CC4)nc3c2)cc1)Cc1noc2ccccc12. The number of benzene rings is 3. The van der Waals surface area contributed by atoms with Crippen LogP contribution in [0, 0.1) is 0 Å². The monoisotopic (exact) mass is 554 g/mol. The van der Waals surface area contributed by atoms with Crippen molar-refractivity contribution in [3.8, 4) is 11.1 Å². The molecule has 1 saturated heterocycles. The number of nitrogens with zero attached hydrogens (tertiary/aromatic N) is 6. The molecular weight excluding hydrogens is 524 g/mol. The van der Waals surface area contributed by atoms with E-state index in [0.29, 0.717) is 17.7 Å². The molecule has 0 aliphatic carbocycles. The second-order valence-electron chi connectivity index (χ2n) is 10.8. The lowest BCUT2D eigenvalue weighted by Crippen LogP contribution is -2.46. The van der Waals surface area contributed by atoms with Crippen LogP contribution >= 0.6 is 0 Å². The number of piperazine rings is 1. The van der Waals surface area contributed by atoms with Crippen LogP contribution in [-0.4, -0.2) is 57.0 Å². The number of carbonyl (C=O) groups excluding carboxylic acids is 1. The van der Waals surface area contributed by atoms with E-state index in [9.17, 15) is 4.79 Å². The third-order valence-corrected chi connectivity index (χ3v) is 7.86. The van der Waals surface area contributed by atoms with Gasteiger partial charge in [-0.3, -0.25) is 19.7 Å². The summed E-state index contributed by atoms with van der Waals surface area (Å²) in [5.41, 5.74) is 7.51. The number of ketones is 1. The van der Waals surface area contributed by atoms with Gasteiger partial charge < -0.3 is 9.42 Å². The Bertz CT molecular complexity index is 1840. The molecule has 0 bridgehead atoms. The third kappa shape index (κ3) is 5.62. The number of rotatable bonds is 8. The molecular formula is C34H30N6O2. The standard InChI is InChI=1S/C34H30N6O2/c41-28(20-31-29-5-1-2-6-33(29)42-38-31)18-24-7-9-26(10-8-24)27-11-12-30-32(19-27)37-34(22-36-30)40-16-14-39(15-17-40)23-25-4-3-13-35-21-25/h1-13,19,21-22H,14-18,20,23H2.